The third-order valence-electron chi connectivity index (χ3n) is 5.10. The van der Waals surface area contributed by atoms with Gasteiger partial charge in [0.15, 0.2) is 0 Å². The van der Waals surface area contributed by atoms with Gasteiger partial charge in [0.2, 0.25) is 5.91 Å². The summed E-state index contributed by atoms with van der Waals surface area (Å²) in [5.74, 6) is 1.53. The van der Waals surface area contributed by atoms with Gasteiger partial charge >= 0.3 is 0 Å². The third kappa shape index (κ3) is 1.49. The predicted molar refractivity (Wildman–Crippen MR) is 70.6 cm³/mol. The van der Waals surface area contributed by atoms with E-state index < -0.39 is 0 Å². The minimum Gasteiger partial charge on any atom is -0.338 e. The van der Waals surface area contributed by atoms with Crippen LogP contribution in [0.25, 0.3) is 0 Å². The van der Waals surface area contributed by atoms with Crippen LogP contribution in [-0.2, 0) is 4.79 Å². The van der Waals surface area contributed by atoms with Gasteiger partial charge in [-0.1, -0.05) is 6.08 Å². The molecule has 2 bridgehead atoms. The SMILES string of the molecule is O=C1CCC[C@@H]2[C@@H]3C=C4CCCN=C4[C@@H](C3)CN12. The first-order valence-electron chi connectivity index (χ1n) is 7.38. The first-order valence-corrected chi connectivity index (χ1v) is 7.38. The van der Waals surface area contributed by atoms with Crippen molar-refractivity contribution in [3.63, 3.8) is 0 Å². The van der Waals surface area contributed by atoms with Gasteiger partial charge in [0.05, 0.1) is 0 Å². The summed E-state index contributed by atoms with van der Waals surface area (Å²) in [5, 5.41) is 0. The topological polar surface area (TPSA) is 32.7 Å². The van der Waals surface area contributed by atoms with Gasteiger partial charge in [-0.15, -0.1) is 0 Å². The molecule has 4 rings (SSSR count). The Morgan fingerprint density at radius 2 is 2.22 bits per heavy atom. The molecule has 3 heteroatoms. The van der Waals surface area contributed by atoms with Crippen molar-refractivity contribution in [2.45, 2.75) is 44.6 Å². The molecule has 1 aliphatic carbocycles. The summed E-state index contributed by atoms with van der Waals surface area (Å²) in [6.07, 6.45) is 9.18. The molecule has 0 aromatic rings. The minimum absolute atomic E-state index is 0.384. The minimum atomic E-state index is 0.384. The van der Waals surface area contributed by atoms with E-state index in [1.165, 1.54) is 37.0 Å². The van der Waals surface area contributed by atoms with Crippen molar-refractivity contribution in [1.29, 1.82) is 0 Å². The molecule has 4 aliphatic rings. The second-order valence-corrected chi connectivity index (χ2v) is 6.16. The van der Waals surface area contributed by atoms with E-state index in [0.717, 1.165) is 25.9 Å². The first-order chi connectivity index (χ1) is 8.83. The van der Waals surface area contributed by atoms with Crippen molar-refractivity contribution in [3.05, 3.63) is 11.6 Å². The van der Waals surface area contributed by atoms with Crippen LogP contribution in [0.5, 0.6) is 0 Å². The van der Waals surface area contributed by atoms with E-state index in [9.17, 15) is 4.79 Å². The Kier molecular flexibility index (Phi) is 2.36. The summed E-state index contributed by atoms with van der Waals surface area (Å²) in [6.45, 7) is 1.93. The molecule has 18 heavy (non-hydrogen) atoms. The summed E-state index contributed by atoms with van der Waals surface area (Å²) in [4.78, 5) is 19.0. The number of allylic oxidation sites excluding steroid dienone is 1. The number of rotatable bonds is 0. The van der Waals surface area contributed by atoms with Crippen LogP contribution in [0.15, 0.2) is 16.6 Å². The molecule has 0 aromatic carbocycles. The second kappa shape index (κ2) is 3.94. The molecule has 0 unspecified atom stereocenters. The maximum absolute atomic E-state index is 12.1. The predicted octanol–water partition coefficient (Wildman–Crippen LogP) is 2.18. The lowest BCUT2D eigenvalue weighted by Crippen LogP contribution is -2.56. The number of fused-ring (bicyclic) bond motifs is 6. The monoisotopic (exact) mass is 244 g/mol. The van der Waals surface area contributed by atoms with E-state index in [1.54, 1.807) is 0 Å². The number of hydrogen-bond donors (Lipinski definition) is 0. The zero-order valence-corrected chi connectivity index (χ0v) is 10.8. The van der Waals surface area contributed by atoms with Crippen molar-refractivity contribution >= 4 is 11.6 Å². The standard InChI is InChI=1S/C15H20N2O/c18-14-5-1-4-13-11-7-10-3-2-6-16-15(10)12(8-11)9-17(13)14/h7,11-13H,1-6,8-9H2/t11-,12+,13-/m1/s1. The van der Waals surface area contributed by atoms with Crippen LogP contribution >= 0.6 is 0 Å². The molecule has 0 aromatic heterocycles. The Balaban J connectivity index is 1.72. The van der Waals surface area contributed by atoms with Crippen LogP contribution in [0, 0.1) is 11.8 Å². The normalized spacial score (nSPS) is 38.6. The molecular formula is C15H20N2O. The highest BCUT2D eigenvalue weighted by Crippen LogP contribution is 2.41. The molecule has 0 N–H and O–H groups in total. The molecule has 0 saturated carbocycles. The fourth-order valence-electron chi connectivity index (χ4n) is 4.32. The van der Waals surface area contributed by atoms with Crippen LogP contribution < -0.4 is 0 Å². The van der Waals surface area contributed by atoms with Gasteiger partial charge in [0, 0.05) is 37.2 Å². The Morgan fingerprint density at radius 1 is 1.28 bits per heavy atom. The second-order valence-electron chi connectivity index (χ2n) is 6.16. The fourth-order valence-corrected chi connectivity index (χ4v) is 4.32. The van der Waals surface area contributed by atoms with E-state index in [-0.39, 0.29) is 0 Å². The van der Waals surface area contributed by atoms with Gasteiger partial charge in [-0.2, -0.15) is 0 Å². The lowest BCUT2D eigenvalue weighted by atomic mass is 9.70. The van der Waals surface area contributed by atoms with E-state index in [2.05, 4.69) is 11.0 Å². The van der Waals surface area contributed by atoms with Gasteiger partial charge in [0.1, 0.15) is 0 Å². The zero-order valence-electron chi connectivity index (χ0n) is 10.8. The van der Waals surface area contributed by atoms with Gasteiger partial charge in [-0.05, 0) is 43.6 Å². The van der Waals surface area contributed by atoms with Gasteiger partial charge < -0.3 is 4.90 Å². The van der Waals surface area contributed by atoms with Crippen LogP contribution in [0.1, 0.15) is 38.5 Å². The largest absolute Gasteiger partial charge is 0.338 e. The fraction of sp³-hybridized carbons (Fsp3) is 0.733. The third-order valence-corrected chi connectivity index (χ3v) is 5.10. The number of amides is 1. The maximum Gasteiger partial charge on any atom is 0.222 e. The van der Waals surface area contributed by atoms with E-state index in [1.807, 2.05) is 0 Å². The quantitative estimate of drug-likeness (QED) is 0.643. The molecule has 1 amide bonds. The summed E-state index contributed by atoms with van der Waals surface area (Å²) in [7, 11) is 0. The number of hydrogen-bond acceptors (Lipinski definition) is 2. The van der Waals surface area contributed by atoms with Crippen LogP contribution in [-0.4, -0.2) is 35.7 Å². The van der Waals surface area contributed by atoms with Gasteiger partial charge in [-0.3, -0.25) is 9.79 Å². The molecule has 3 atom stereocenters. The molecule has 3 heterocycles. The smallest absolute Gasteiger partial charge is 0.222 e. The van der Waals surface area contributed by atoms with E-state index in [0.29, 0.717) is 23.8 Å². The lowest BCUT2D eigenvalue weighted by molar-refractivity contribution is -0.140. The molecular weight excluding hydrogens is 224 g/mol. The number of piperidine rings is 2. The molecule has 3 nitrogen and oxygen atoms in total. The Bertz CT molecular complexity index is 451. The highest BCUT2D eigenvalue weighted by molar-refractivity contribution is 6.03. The lowest BCUT2D eigenvalue weighted by Gasteiger charge is -2.49. The van der Waals surface area contributed by atoms with Gasteiger partial charge in [-0.25, -0.2) is 0 Å². The summed E-state index contributed by atoms with van der Waals surface area (Å²) >= 11 is 0. The molecule has 2 fully saturated rings. The highest BCUT2D eigenvalue weighted by atomic mass is 16.2. The van der Waals surface area contributed by atoms with E-state index in [4.69, 9.17) is 4.99 Å². The molecule has 2 saturated heterocycles. The van der Waals surface area contributed by atoms with Gasteiger partial charge in [0.25, 0.3) is 0 Å². The van der Waals surface area contributed by atoms with Crippen molar-refractivity contribution in [2.24, 2.45) is 16.8 Å². The number of carbonyl (C=O) groups is 1. The molecule has 96 valence electrons. The Hall–Kier alpha value is -1.12. The summed E-state index contributed by atoms with van der Waals surface area (Å²) in [6, 6.07) is 0.499. The number of nitrogens with zero attached hydrogens (tertiary/aromatic N) is 2. The molecule has 0 spiro atoms. The molecule has 3 aliphatic heterocycles. The average Bonchev–Trinajstić information content (AvgIpc) is 2.40. The van der Waals surface area contributed by atoms with Crippen LogP contribution in [0.4, 0.5) is 0 Å². The average molecular weight is 244 g/mol. The number of aliphatic imine (C=N–C) groups is 1. The highest BCUT2D eigenvalue weighted by Gasteiger charge is 2.44. The van der Waals surface area contributed by atoms with Crippen molar-refractivity contribution in [3.8, 4) is 0 Å². The maximum atomic E-state index is 12.1. The summed E-state index contributed by atoms with van der Waals surface area (Å²) in [5.41, 5.74) is 2.86. The van der Waals surface area contributed by atoms with Crippen LogP contribution in [0.2, 0.25) is 0 Å². The Morgan fingerprint density at radius 3 is 3.17 bits per heavy atom. The van der Waals surface area contributed by atoms with Crippen molar-refractivity contribution in [1.82, 2.24) is 4.90 Å². The van der Waals surface area contributed by atoms with E-state index >= 15 is 0 Å². The van der Waals surface area contributed by atoms with Crippen molar-refractivity contribution < 1.29 is 4.79 Å². The molecule has 0 radical (unpaired) electrons. The Labute approximate surface area is 108 Å². The number of carbonyl (C=O) groups excluding carboxylic acids is 1. The zero-order chi connectivity index (χ0) is 12.1. The van der Waals surface area contributed by atoms with Crippen LogP contribution in [0.3, 0.4) is 0 Å². The first kappa shape index (κ1) is 10.8. The summed E-state index contributed by atoms with van der Waals surface area (Å²) < 4.78 is 0. The van der Waals surface area contributed by atoms with Crippen molar-refractivity contribution in [2.75, 3.05) is 13.1 Å².